The van der Waals surface area contributed by atoms with Crippen LogP contribution in [0.4, 0.5) is 0 Å². The van der Waals surface area contributed by atoms with E-state index in [2.05, 4.69) is 31.1 Å². The van der Waals surface area contributed by atoms with E-state index in [1.54, 1.807) is 11.3 Å². The fraction of sp³-hybridized carbons (Fsp3) is 0.667. The largest absolute Gasteiger partial charge is 0.330 e. The van der Waals surface area contributed by atoms with Crippen molar-refractivity contribution in [3.63, 3.8) is 0 Å². The first-order valence-electron chi connectivity index (χ1n) is 4.30. The Morgan fingerprint density at radius 3 is 2.33 bits per heavy atom. The van der Waals surface area contributed by atoms with Crippen molar-refractivity contribution in [1.29, 1.82) is 0 Å². The second-order valence-corrected chi connectivity index (χ2v) is 3.58. The number of hydrogen-bond acceptors (Lipinski definition) is 3. The van der Waals surface area contributed by atoms with Gasteiger partial charge in [0.05, 0.1) is 11.2 Å². The summed E-state index contributed by atoms with van der Waals surface area (Å²) in [5.41, 5.74) is 8.10. The lowest BCUT2D eigenvalue weighted by atomic mass is 10.2. The zero-order valence-electron chi connectivity index (χ0n) is 8.08. The van der Waals surface area contributed by atoms with Crippen LogP contribution >= 0.6 is 11.3 Å². The smallest absolute Gasteiger partial charge is 0.0794 e. The van der Waals surface area contributed by atoms with Gasteiger partial charge in [0.1, 0.15) is 0 Å². The lowest BCUT2D eigenvalue weighted by Crippen LogP contribution is -1.93. The molecule has 1 heterocycles. The van der Waals surface area contributed by atoms with Gasteiger partial charge in [0, 0.05) is 5.38 Å². The molecule has 0 unspecified atom stereocenters. The number of nitrogens with two attached hydrogens (primary N) is 1. The van der Waals surface area contributed by atoms with E-state index in [0.717, 1.165) is 13.0 Å². The maximum Gasteiger partial charge on any atom is 0.0794 e. The molecule has 0 aliphatic rings. The SMILES string of the molecule is CC(C)c1cscn1.CCCN. The zero-order chi connectivity index (χ0) is 9.40. The predicted molar refractivity (Wildman–Crippen MR) is 55.5 cm³/mol. The Kier molecular flexibility index (Phi) is 7.00. The van der Waals surface area contributed by atoms with Crippen LogP contribution in [-0.4, -0.2) is 11.5 Å². The van der Waals surface area contributed by atoms with Gasteiger partial charge in [0.2, 0.25) is 0 Å². The van der Waals surface area contributed by atoms with Gasteiger partial charge in [-0.05, 0) is 18.9 Å². The molecule has 2 N–H and O–H groups in total. The Bertz CT molecular complexity index is 169. The molecule has 0 aliphatic carbocycles. The van der Waals surface area contributed by atoms with Crippen LogP contribution in [0.2, 0.25) is 0 Å². The highest BCUT2D eigenvalue weighted by Gasteiger charge is 1.97. The second-order valence-electron chi connectivity index (χ2n) is 2.86. The van der Waals surface area contributed by atoms with E-state index in [1.165, 1.54) is 5.69 Å². The molecular formula is C9H18N2S. The van der Waals surface area contributed by atoms with Crippen molar-refractivity contribution in [3.8, 4) is 0 Å². The minimum atomic E-state index is 0.584. The fourth-order valence-electron chi connectivity index (χ4n) is 0.507. The standard InChI is InChI=1S/C6H9NS.C3H9N/c1-5(2)6-3-8-4-7-6;1-2-3-4/h3-5H,1-2H3;2-4H2,1H3. The summed E-state index contributed by atoms with van der Waals surface area (Å²) in [6.45, 7) is 7.17. The van der Waals surface area contributed by atoms with E-state index < -0.39 is 0 Å². The van der Waals surface area contributed by atoms with E-state index in [0.29, 0.717) is 5.92 Å². The summed E-state index contributed by atoms with van der Waals surface area (Å²) >= 11 is 1.66. The van der Waals surface area contributed by atoms with Crippen LogP contribution < -0.4 is 5.73 Å². The molecule has 1 aromatic heterocycles. The van der Waals surface area contributed by atoms with E-state index >= 15 is 0 Å². The number of nitrogens with zero attached hydrogens (tertiary/aromatic N) is 1. The lowest BCUT2D eigenvalue weighted by molar-refractivity contribution is 0.833. The van der Waals surface area contributed by atoms with E-state index in [-0.39, 0.29) is 0 Å². The van der Waals surface area contributed by atoms with Crippen molar-refractivity contribution in [2.45, 2.75) is 33.1 Å². The number of aromatic nitrogens is 1. The van der Waals surface area contributed by atoms with Gasteiger partial charge in [0.15, 0.2) is 0 Å². The summed E-state index contributed by atoms with van der Waals surface area (Å²) in [6, 6.07) is 0. The summed E-state index contributed by atoms with van der Waals surface area (Å²) in [5, 5.41) is 2.09. The summed E-state index contributed by atoms with van der Waals surface area (Å²) in [7, 11) is 0. The molecule has 0 radical (unpaired) electrons. The quantitative estimate of drug-likeness (QED) is 0.771. The van der Waals surface area contributed by atoms with Crippen molar-refractivity contribution in [3.05, 3.63) is 16.6 Å². The summed E-state index contributed by atoms with van der Waals surface area (Å²) in [5.74, 6) is 0.584. The maximum absolute atomic E-state index is 5.03. The molecule has 1 rings (SSSR count). The third kappa shape index (κ3) is 5.27. The molecule has 0 aliphatic heterocycles. The molecule has 0 amide bonds. The maximum atomic E-state index is 5.03. The predicted octanol–water partition coefficient (Wildman–Crippen LogP) is 2.62. The highest BCUT2D eigenvalue weighted by molar-refractivity contribution is 7.07. The van der Waals surface area contributed by atoms with Crippen LogP contribution in [0, 0.1) is 0 Å². The Labute approximate surface area is 78.8 Å². The van der Waals surface area contributed by atoms with Crippen LogP contribution in [0.15, 0.2) is 10.9 Å². The highest BCUT2D eigenvalue weighted by atomic mass is 32.1. The van der Waals surface area contributed by atoms with Crippen LogP contribution in [0.3, 0.4) is 0 Å². The Morgan fingerprint density at radius 1 is 1.58 bits per heavy atom. The highest BCUT2D eigenvalue weighted by Crippen LogP contribution is 2.12. The minimum absolute atomic E-state index is 0.584. The Hall–Kier alpha value is -0.410. The number of thiazole rings is 1. The lowest BCUT2D eigenvalue weighted by Gasteiger charge is -1.94. The van der Waals surface area contributed by atoms with Crippen molar-refractivity contribution in [1.82, 2.24) is 4.98 Å². The average molecular weight is 186 g/mol. The molecule has 0 bridgehead atoms. The molecule has 0 aromatic carbocycles. The minimum Gasteiger partial charge on any atom is -0.330 e. The summed E-state index contributed by atoms with van der Waals surface area (Å²) in [4.78, 5) is 4.13. The second kappa shape index (κ2) is 7.25. The van der Waals surface area contributed by atoms with Crippen molar-refractivity contribution in [2.24, 2.45) is 5.73 Å². The van der Waals surface area contributed by atoms with Crippen LogP contribution in [0.25, 0.3) is 0 Å². The summed E-state index contributed by atoms with van der Waals surface area (Å²) in [6.07, 6.45) is 1.10. The van der Waals surface area contributed by atoms with Crippen molar-refractivity contribution < 1.29 is 0 Å². The molecule has 0 saturated carbocycles. The Morgan fingerprint density at radius 2 is 2.17 bits per heavy atom. The van der Waals surface area contributed by atoms with Gasteiger partial charge in [-0.25, -0.2) is 4.98 Å². The molecule has 0 atom stereocenters. The molecular weight excluding hydrogens is 168 g/mol. The Balaban J connectivity index is 0.000000261. The molecule has 0 fully saturated rings. The van der Waals surface area contributed by atoms with Crippen LogP contribution in [-0.2, 0) is 0 Å². The van der Waals surface area contributed by atoms with Gasteiger partial charge in [-0.2, -0.15) is 0 Å². The van der Waals surface area contributed by atoms with Crippen molar-refractivity contribution >= 4 is 11.3 Å². The third-order valence-electron chi connectivity index (χ3n) is 1.33. The van der Waals surface area contributed by atoms with Gasteiger partial charge in [0.25, 0.3) is 0 Å². The molecule has 2 nitrogen and oxygen atoms in total. The number of rotatable bonds is 2. The van der Waals surface area contributed by atoms with Gasteiger partial charge in [-0.3, -0.25) is 0 Å². The molecule has 1 aromatic rings. The monoisotopic (exact) mass is 186 g/mol. The first-order valence-corrected chi connectivity index (χ1v) is 5.24. The molecule has 70 valence electrons. The topological polar surface area (TPSA) is 38.9 Å². The van der Waals surface area contributed by atoms with Gasteiger partial charge < -0.3 is 5.73 Å². The fourth-order valence-corrected chi connectivity index (χ4v) is 1.22. The van der Waals surface area contributed by atoms with Gasteiger partial charge in [-0.1, -0.05) is 20.8 Å². The first-order chi connectivity index (χ1) is 5.72. The van der Waals surface area contributed by atoms with Crippen LogP contribution in [0.1, 0.15) is 38.8 Å². The molecule has 3 heteroatoms. The normalized spacial score (nSPS) is 9.42. The zero-order valence-corrected chi connectivity index (χ0v) is 8.90. The number of hydrogen-bond donors (Lipinski definition) is 1. The molecule has 0 saturated heterocycles. The van der Waals surface area contributed by atoms with Gasteiger partial charge >= 0.3 is 0 Å². The molecule has 0 spiro atoms. The van der Waals surface area contributed by atoms with E-state index in [1.807, 2.05) is 5.51 Å². The first kappa shape index (κ1) is 11.6. The summed E-state index contributed by atoms with van der Waals surface area (Å²) < 4.78 is 0. The average Bonchev–Trinajstić information content (AvgIpc) is 2.57. The van der Waals surface area contributed by atoms with Gasteiger partial charge in [-0.15, -0.1) is 11.3 Å². The van der Waals surface area contributed by atoms with E-state index in [9.17, 15) is 0 Å². The van der Waals surface area contributed by atoms with E-state index in [4.69, 9.17) is 5.73 Å². The third-order valence-corrected chi connectivity index (χ3v) is 1.94. The van der Waals surface area contributed by atoms with Crippen LogP contribution in [0.5, 0.6) is 0 Å². The van der Waals surface area contributed by atoms with Crippen molar-refractivity contribution in [2.75, 3.05) is 6.54 Å². The molecule has 12 heavy (non-hydrogen) atoms.